The normalized spacial score (nSPS) is 25.9. The third-order valence-corrected chi connectivity index (χ3v) is 2.60. The van der Waals surface area contributed by atoms with Crippen molar-refractivity contribution in [3.63, 3.8) is 0 Å². The minimum atomic E-state index is -0.135. The Hall–Kier alpha value is -0.0900. The van der Waals surface area contributed by atoms with E-state index in [2.05, 4.69) is 15.9 Å². The monoisotopic (exact) mass is 235 g/mol. The minimum Gasteiger partial charge on any atom is -0.394 e. The molecule has 1 fully saturated rings. The first kappa shape index (κ1) is 9.99. The first-order valence-electron chi connectivity index (χ1n) is 4.22. The Balaban J connectivity index is 2.55. The third kappa shape index (κ3) is 1.98. The summed E-state index contributed by atoms with van der Waals surface area (Å²) in [7, 11) is 0. The predicted molar refractivity (Wildman–Crippen MR) is 50.2 cm³/mol. The quantitative estimate of drug-likeness (QED) is 0.719. The van der Waals surface area contributed by atoms with Crippen LogP contribution in [0.1, 0.15) is 19.8 Å². The van der Waals surface area contributed by atoms with Gasteiger partial charge in [-0.15, -0.1) is 0 Å². The summed E-state index contributed by atoms with van der Waals surface area (Å²) in [5, 5.41) is 8.96. The molecule has 0 aliphatic carbocycles. The summed E-state index contributed by atoms with van der Waals surface area (Å²) < 4.78 is 0. The number of likely N-dealkylation sites (tertiary alicyclic amines) is 1. The summed E-state index contributed by atoms with van der Waals surface area (Å²) in [6, 6.07) is 0.0532. The fraction of sp³-hybridized carbons (Fsp3) is 0.875. The van der Waals surface area contributed by atoms with Gasteiger partial charge in [0.2, 0.25) is 5.91 Å². The second-order valence-corrected chi connectivity index (χ2v) is 4.50. The number of hydrogen-bond donors (Lipinski definition) is 1. The number of nitrogens with zero attached hydrogens (tertiary/aromatic N) is 1. The molecule has 0 radical (unpaired) electrons. The zero-order valence-corrected chi connectivity index (χ0v) is 8.75. The molecule has 1 amide bonds. The van der Waals surface area contributed by atoms with Crippen molar-refractivity contribution in [1.82, 2.24) is 4.90 Å². The average molecular weight is 236 g/mol. The van der Waals surface area contributed by atoms with Gasteiger partial charge in [0.15, 0.2) is 0 Å². The van der Waals surface area contributed by atoms with E-state index in [0.717, 1.165) is 19.4 Å². The molecular formula is C8H14BrNO2. The number of carbonyl (C=O) groups is 1. The van der Waals surface area contributed by atoms with Crippen LogP contribution in [0.15, 0.2) is 0 Å². The number of amides is 1. The average Bonchev–Trinajstić information content (AvgIpc) is 2.49. The Morgan fingerprint density at radius 2 is 2.50 bits per heavy atom. The first-order chi connectivity index (χ1) is 5.66. The highest BCUT2D eigenvalue weighted by atomic mass is 79.9. The summed E-state index contributed by atoms with van der Waals surface area (Å²) in [6.45, 7) is 2.69. The molecule has 0 aromatic carbocycles. The molecule has 1 rings (SSSR count). The highest BCUT2D eigenvalue weighted by Gasteiger charge is 2.29. The molecule has 1 saturated heterocycles. The SMILES string of the molecule is CC(Br)C(=O)N1CCC[C@H]1CO. The van der Waals surface area contributed by atoms with Gasteiger partial charge in [-0.05, 0) is 19.8 Å². The number of halogens is 1. The van der Waals surface area contributed by atoms with Crippen molar-refractivity contribution in [2.75, 3.05) is 13.2 Å². The molecule has 0 aromatic rings. The fourth-order valence-corrected chi connectivity index (χ4v) is 1.81. The largest absolute Gasteiger partial charge is 0.394 e. The molecule has 0 spiro atoms. The molecule has 1 unspecified atom stereocenters. The molecule has 1 aliphatic heterocycles. The maximum atomic E-state index is 11.5. The van der Waals surface area contributed by atoms with Gasteiger partial charge < -0.3 is 10.0 Å². The zero-order valence-electron chi connectivity index (χ0n) is 7.16. The standard InChI is InChI=1S/C8H14BrNO2/c1-6(9)8(12)10-4-2-3-7(10)5-11/h6-7,11H,2-5H2,1H3/t6?,7-/m0/s1. The van der Waals surface area contributed by atoms with Crippen molar-refractivity contribution in [2.45, 2.75) is 30.6 Å². The van der Waals surface area contributed by atoms with Crippen LogP contribution in [0, 0.1) is 0 Å². The molecule has 12 heavy (non-hydrogen) atoms. The van der Waals surface area contributed by atoms with Gasteiger partial charge in [-0.25, -0.2) is 0 Å². The van der Waals surface area contributed by atoms with Crippen LogP contribution in [0.3, 0.4) is 0 Å². The van der Waals surface area contributed by atoms with E-state index in [9.17, 15) is 4.79 Å². The van der Waals surface area contributed by atoms with Gasteiger partial charge in [0.25, 0.3) is 0 Å². The molecule has 0 aromatic heterocycles. The summed E-state index contributed by atoms with van der Waals surface area (Å²) in [5.74, 6) is 0.0894. The van der Waals surface area contributed by atoms with Gasteiger partial charge in [0, 0.05) is 6.54 Å². The van der Waals surface area contributed by atoms with Gasteiger partial charge in [-0.2, -0.15) is 0 Å². The number of carbonyl (C=O) groups excluding carboxylic acids is 1. The smallest absolute Gasteiger partial charge is 0.236 e. The van der Waals surface area contributed by atoms with Crippen molar-refractivity contribution in [1.29, 1.82) is 0 Å². The van der Waals surface area contributed by atoms with Crippen LogP contribution in [0.2, 0.25) is 0 Å². The summed E-state index contributed by atoms with van der Waals surface area (Å²) in [4.78, 5) is 13.1. The second-order valence-electron chi connectivity index (χ2n) is 3.13. The maximum absolute atomic E-state index is 11.5. The number of hydrogen-bond acceptors (Lipinski definition) is 2. The van der Waals surface area contributed by atoms with Crippen LogP contribution in [-0.2, 0) is 4.79 Å². The van der Waals surface area contributed by atoms with Crippen molar-refractivity contribution in [3.8, 4) is 0 Å². The van der Waals surface area contributed by atoms with Gasteiger partial charge >= 0.3 is 0 Å². The van der Waals surface area contributed by atoms with E-state index < -0.39 is 0 Å². The van der Waals surface area contributed by atoms with Crippen LogP contribution < -0.4 is 0 Å². The van der Waals surface area contributed by atoms with Crippen LogP contribution in [0.25, 0.3) is 0 Å². The highest BCUT2D eigenvalue weighted by molar-refractivity contribution is 9.10. The van der Waals surface area contributed by atoms with Crippen molar-refractivity contribution in [2.24, 2.45) is 0 Å². The molecule has 1 heterocycles. The van der Waals surface area contributed by atoms with E-state index in [4.69, 9.17) is 5.11 Å². The molecule has 70 valence electrons. The van der Waals surface area contributed by atoms with Gasteiger partial charge in [0.1, 0.15) is 0 Å². The number of rotatable bonds is 2. The summed E-state index contributed by atoms with van der Waals surface area (Å²) in [5.41, 5.74) is 0. The Bertz CT molecular complexity index is 172. The van der Waals surface area contributed by atoms with Gasteiger partial charge in [-0.1, -0.05) is 15.9 Å². The summed E-state index contributed by atoms with van der Waals surface area (Å²) >= 11 is 3.23. The minimum absolute atomic E-state index is 0.0532. The molecule has 2 atom stereocenters. The lowest BCUT2D eigenvalue weighted by atomic mass is 10.2. The topological polar surface area (TPSA) is 40.5 Å². The van der Waals surface area contributed by atoms with Gasteiger partial charge in [-0.3, -0.25) is 4.79 Å². The lowest BCUT2D eigenvalue weighted by Gasteiger charge is -2.24. The summed E-state index contributed by atoms with van der Waals surface area (Å²) in [6.07, 6.45) is 1.94. The van der Waals surface area contributed by atoms with Crippen molar-refractivity contribution < 1.29 is 9.90 Å². The zero-order chi connectivity index (χ0) is 9.14. The Kier molecular flexibility index (Phi) is 3.53. The maximum Gasteiger partial charge on any atom is 0.236 e. The van der Waals surface area contributed by atoms with Crippen molar-refractivity contribution >= 4 is 21.8 Å². The fourth-order valence-electron chi connectivity index (χ4n) is 1.54. The van der Waals surface area contributed by atoms with E-state index in [1.165, 1.54) is 0 Å². The first-order valence-corrected chi connectivity index (χ1v) is 5.13. The molecule has 0 bridgehead atoms. The number of aliphatic hydroxyl groups excluding tert-OH is 1. The number of aliphatic hydroxyl groups is 1. The molecular weight excluding hydrogens is 222 g/mol. The van der Waals surface area contributed by atoms with Crippen LogP contribution >= 0.6 is 15.9 Å². The van der Waals surface area contributed by atoms with E-state index in [1.54, 1.807) is 4.90 Å². The Morgan fingerprint density at radius 1 is 1.83 bits per heavy atom. The van der Waals surface area contributed by atoms with E-state index in [0.29, 0.717) is 0 Å². The van der Waals surface area contributed by atoms with Crippen molar-refractivity contribution in [3.05, 3.63) is 0 Å². The predicted octanol–water partition coefficient (Wildman–Crippen LogP) is 0.753. The molecule has 1 aliphatic rings. The van der Waals surface area contributed by atoms with Crippen LogP contribution in [-0.4, -0.2) is 39.9 Å². The van der Waals surface area contributed by atoms with Gasteiger partial charge in [0.05, 0.1) is 17.5 Å². The molecule has 1 N–H and O–H groups in total. The lowest BCUT2D eigenvalue weighted by molar-refractivity contribution is -0.131. The second kappa shape index (κ2) is 4.23. The molecule has 3 nitrogen and oxygen atoms in total. The van der Waals surface area contributed by atoms with E-state index in [1.807, 2.05) is 6.92 Å². The molecule has 4 heteroatoms. The van der Waals surface area contributed by atoms with E-state index in [-0.39, 0.29) is 23.4 Å². The van der Waals surface area contributed by atoms with Crippen LogP contribution in [0.5, 0.6) is 0 Å². The van der Waals surface area contributed by atoms with E-state index >= 15 is 0 Å². The third-order valence-electron chi connectivity index (χ3n) is 2.21. The lowest BCUT2D eigenvalue weighted by Crippen LogP contribution is -2.40. The van der Waals surface area contributed by atoms with Crippen LogP contribution in [0.4, 0.5) is 0 Å². The Morgan fingerprint density at radius 3 is 3.00 bits per heavy atom. The number of alkyl halides is 1. The Labute approximate surface area is 80.9 Å². The highest BCUT2D eigenvalue weighted by Crippen LogP contribution is 2.19. The molecule has 0 saturated carbocycles.